The maximum atomic E-state index is 10.0. The molecule has 12 heavy (non-hydrogen) atoms. The second-order valence-corrected chi connectivity index (χ2v) is 3.01. The van der Waals surface area contributed by atoms with Crippen molar-refractivity contribution in [2.24, 2.45) is 5.29 Å². The minimum atomic E-state index is 0.138. The SMILES string of the molecule is O=NNC1CCc2ccccc21. The van der Waals surface area contributed by atoms with Crippen LogP contribution in [0.5, 0.6) is 0 Å². The number of hydrogen-bond acceptors (Lipinski definition) is 2. The molecule has 1 aliphatic carbocycles. The standard InChI is InChI=1S/C9H10N2O/c12-11-10-9-6-5-7-3-1-2-4-8(7)9/h1-4,9H,5-6H2,(H,10,12). The van der Waals surface area contributed by atoms with Crippen molar-refractivity contribution < 1.29 is 0 Å². The van der Waals surface area contributed by atoms with Gasteiger partial charge in [0.1, 0.15) is 0 Å². The molecule has 0 radical (unpaired) electrons. The molecule has 1 aromatic rings. The number of rotatable bonds is 2. The van der Waals surface area contributed by atoms with Crippen molar-refractivity contribution in [1.29, 1.82) is 0 Å². The predicted molar refractivity (Wildman–Crippen MR) is 46.4 cm³/mol. The van der Waals surface area contributed by atoms with Crippen LogP contribution in [0.25, 0.3) is 0 Å². The Morgan fingerprint density at radius 2 is 2.25 bits per heavy atom. The zero-order valence-electron chi connectivity index (χ0n) is 6.66. The van der Waals surface area contributed by atoms with E-state index in [-0.39, 0.29) is 6.04 Å². The van der Waals surface area contributed by atoms with Crippen LogP contribution < -0.4 is 5.43 Å². The predicted octanol–water partition coefficient (Wildman–Crippen LogP) is 1.94. The number of hydrogen-bond donors (Lipinski definition) is 1. The molecule has 0 aromatic heterocycles. The zero-order chi connectivity index (χ0) is 8.39. The Morgan fingerprint density at radius 1 is 1.42 bits per heavy atom. The summed E-state index contributed by atoms with van der Waals surface area (Å²) in [6.07, 6.45) is 2.02. The fourth-order valence-corrected chi connectivity index (χ4v) is 1.75. The van der Waals surface area contributed by atoms with Crippen LogP contribution in [-0.4, -0.2) is 0 Å². The fourth-order valence-electron chi connectivity index (χ4n) is 1.75. The molecule has 3 nitrogen and oxygen atoms in total. The van der Waals surface area contributed by atoms with Gasteiger partial charge in [0.2, 0.25) is 0 Å². The molecule has 0 saturated heterocycles. The Bertz CT molecular complexity index is 298. The highest BCUT2D eigenvalue weighted by molar-refractivity contribution is 5.34. The number of nitroso groups, excluding NO2 is 1. The summed E-state index contributed by atoms with van der Waals surface area (Å²) in [7, 11) is 0. The van der Waals surface area contributed by atoms with E-state index in [1.165, 1.54) is 11.1 Å². The maximum absolute atomic E-state index is 10.0. The first-order chi connectivity index (χ1) is 5.92. The van der Waals surface area contributed by atoms with Gasteiger partial charge >= 0.3 is 0 Å². The Balaban J connectivity index is 2.29. The molecule has 0 fully saturated rings. The van der Waals surface area contributed by atoms with Crippen molar-refractivity contribution in [2.45, 2.75) is 18.9 Å². The number of nitrogens with one attached hydrogen (secondary N) is 1. The summed E-state index contributed by atoms with van der Waals surface area (Å²) in [6, 6.07) is 8.30. The van der Waals surface area contributed by atoms with Crippen molar-refractivity contribution in [1.82, 2.24) is 5.43 Å². The average molecular weight is 162 g/mol. The lowest BCUT2D eigenvalue weighted by Gasteiger charge is -2.07. The second kappa shape index (κ2) is 2.93. The van der Waals surface area contributed by atoms with Gasteiger partial charge in [0.25, 0.3) is 0 Å². The van der Waals surface area contributed by atoms with E-state index in [4.69, 9.17) is 0 Å². The van der Waals surface area contributed by atoms with Gasteiger partial charge in [-0.1, -0.05) is 24.3 Å². The van der Waals surface area contributed by atoms with Crippen molar-refractivity contribution >= 4 is 0 Å². The maximum Gasteiger partial charge on any atom is 0.0727 e. The van der Waals surface area contributed by atoms with Crippen LogP contribution in [-0.2, 0) is 6.42 Å². The molecule has 1 aliphatic rings. The lowest BCUT2D eigenvalue weighted by atomic mass is 10.1. The molecule has 0 aliphatic heterocycles. The van der Waals surface area contributed by atoms with Crippen LogP contribution >= 0.6 is 0 Å². The van der Waals surface area contributed by atoms with E-state index in [0.717, 1.165) is 12.8 Å². The highest BCUT2D eigenvalue weighted by atomic mass is 16.3. The van der Waals surface area contributed by atoms with E-state index < -0.39 is 0 Å². The molecule has 1 unspecified atom stereocenters. The molecule has 3 heteroatoms. The largest absolute Gasteiger partial charge is 0.266 e. The Hall–Kier alpha value is -1.38. The lowest BCUT2D eigenvalue weighted by Crippen LogP contribution is -2.10. The van der Waals surface area contributed by atoms with Crippen LogP contribution in [0.2, 0.25) is 0 Å². The van der Waals surface area contributed by atoms with Crippen LogP contribution in [0, 0.1) is 4.91 Å². The van der Waals surface area contributed by atoms with E-state index in [0.29, 0.717) is 0 Å². The third-order valence-corrected chi connectivity index (χ3v) is 2.34. The Labute approximate surface area is 70.7 Å². The van der Waals surface area contributed by atoms with Gasteiger partial charge < -0.3 is 0 Å². The first-order valence-electron chi connectivity index (χ1n) is 4.07. The van der Waals surface area contributed by atoms with Crippen LogP contribution in [0.1, 0.15) is 23.6 Å². The van der Waals surface area contributed by atoms with Crippen molar-refractivity contribution in [3.05, 3.63) is 40.3 Å². The number of fused-ring (bicyclic) bond motifs is 1. The van der Waals surface area contributed by atoms with Crippen LogP contribution in [0.15, 0.2) is 29.6 Å². The van der Waals surface area contributed by atoms with Crippen LogP contribution in [0.4, 0.5) is 0 Å². The van der Waals surface area contributed by atoms with Crippen LogP contribution in [0.3, 0.4) is 0 Å². The highest BCUT2D eigenvalue weighted by Crippen LogP contribution is 2.30. The Morgan fingerprint density at radius 3 is 3.08 bits per heavy atom. The summed E-state index contributed by atoms with van der Waals surface area (Å²) in [4.78, 5) is 10.0. The Kier molecular flexibility index (Phi) is 1.78. The van der Waals surface area contributed by atoms with Gasteiger partial charge in [-0.25, -0.2) is 0 Å². The molecule has 1 aromatic carbocycles. The molecule has 1 N–H and O–H groups in total. The zero-order valence-corrected chi connectivity index (χ0v) is 6.66. The van der Waals surface area contributed by atoms with Crippen molar-refractivity contribution in [2.75, 3.05) is 0 Å². The summed E-state index contributed by atoms with van der Waals surface area (Å²) in [5.74, 6) is 0. The normalized spacial score (nSPS) is 20.2. The van der Waals surface area contributed by atoms with Gasteiger partial charge in [0, 0.05) is 0 Å². The number of aryl methyl sites for hydroxylation is 1. The summed E-state index contributed by atoms with van der Waals surface area (Å²) >= 11 is 0. The first kappa shape index (κ1) is 7.28. The summed E-state index contributed by atoms with van der Waals surface area (Å²) in [6.45, 7) is 0. The molecule has 2 rings (SSSR count). The van der Waals surface area contributed by atoms with E-state index in [1.54, 1.807) is 0 Å². The van der Waals surface area contributed by atoms with E-state index in [1.807, 2.05) is 18.2 Å². The molecular weight excluding hydrogens is 152 g/mol. The number of benzene rings is 1. The van der Waals surface area contributed by atoms with Crippen molar-refractivity contribution in [3.63, 3.8) is 0 Å². The first-order valence-corrected chi connectivity index (χ1v) is 4.07. The van der Waals surface area contributed by atoms with Gasteiger partial charge in [-0.2, -0.15) is 0 Å². The van der Waals surface area contributed by atoms with Gasteiger partial charge in [0.15, 0.2) is 0 Å². The third kappa shape index (κ3) is 1.07. The minimum absolute atomic E-state index is 0.138. The summed E-state index contributed by atoms with van der Waals surface area (Å²) in [5, 5.41) is 2.72. The quantitative estimate of drug-likeness (QED) is 0.533. The molecule has 62 valence electrons. The smallest absolute Gasteiger partial charge is 0.0727 e. The number of nitrogens with zero attached hydrogens (tertiary/aromatic N) is 1. The van der Waals surface area contributed by atoms with Gasteiger partial charge in [0.05, 0.1) is 11.3 Å². The molecule has 0 spiro atoms. The highest BCUT2D eigenvalue weighted by Gasteiger charge is 2.21. The van der Waals surface area contributed by atoms with E-state index in [2.05, 4.69) is 16.8 Å². The summed E-state index contributed by atoms with van der Waals surface area (Å²) in [5.41, 5.74) is 5.12. The minimum Gasteiger partial charge on any atom is -0.266 e. The molecule has 0 amide bonds. The monoisotopic (exact) mass is 162 g/mol. The van der Waals surface area contributed by atoms with Gasteiger partial charge in [-0.3, -0.25) is 5.43 Å². The molecule has 0 heterocycles. The van der Waals surface area contributed by atoms with E-state index >= 15 is 0 Å². The molecule has 0 saturated carbocycles. The fraction of sp³-hybridized carbons (Fsp3) is 0.333. The summed E-state index contributed by atoms with van der Waals surface area (Å²) < 4.78 is 0. The van der Waals surface area contributed by atoms with Gasteiger partial charge in [-0.05, 0) is 24.0 Å². The third-order valence-electron chi connectivity index (χ3n) is 2.34. The van der Waals surface area contributed by atoms with Gasteiger partial charge in [-0.15, -0.1) is 4.91 Å². The topological polar surface area (TPSA) is 41.5 Å². The molecule has 1 atom stereocenters. The van der Waals surface area contributed by atoms with Crippen molar-refractivity contribution in [3.8, 4) is 0 Å². The second-order valence-electron chi connectivity index (χ2n) is 3.01. The lowest BCUT2D eigenvalue weighted by molar-refractivity contribution is 0.550. The molecular formula is C9H10N2O. The molecule has 0 bridgehead atoms. The van der Waals surface area contributed by atoms with E-state index in [9.17, 15) is 4.91 Å². The average Bonchev–Trinajstić information content (AvgIpc) is 2.50.